The van der Waals surface area contributed by atoms with E-state index in [2.05, 4.69) is 67.8 Å². The van der Waals surface area contributed by atoms with Crippen LogP contribution in [-0.4, -0.2) is 54.3 Å². The van der Waals surface area contributed by atoms with Gasteiger partial charge in [0.1, 0.15) is 12.7 Å². The van der Waals surface area contributed by atoms with Crippen LogP contribution in [0.1, 0.15) is 219 Å². The molecule has 2 atom stereocenters. The number of allylic oxidation sites excluding steroid dienone is 8. The summed E-state index contributed by atoms with van der Waals surface area (Å²) >= 11 is 0. The van der Waals surface area contributed by atoms with Crippen LogP contribution in [0.2, 0.25) is 0 Å². The molecule has 59 heavy (non-hydrogen) atoms. The maximum atomic E-state index is 12.1. The van der Waals surface area contributed by atoms with Crippen LogP contribution in [-0.2, 0) is 27.9 Å². The fourth-order valence-corrected chi connectivity index (χ4v) is 7.32. The lowest BCUT2D eigenvalue weighted by Crippen LogP contribution is -2.27. The van der Waals surface area contributed by atoms with Gasteiger partial charge in [-0.25, -0.2) is 4.57 Å². The quantitative estimate of drug-likeness (QED) is 0.0239. The van der Waals surface area contributed by atoms with Crippen LogP contribution >= 0.6 is 7.82 Å². The second-order valence-corrected chi connectivity index (χ2v) is 17.5. The van der Waals surface area contributed by atoms with E-state index in [9.17, 15) is 24.2 Å². The minimum absolute atomic E-state index is 0.0782. The molecule has 0 aromatic carbocycles. The molecule has 2 unspecified atom stereocenters. The Hall–Kier alpha value is -2.03. The largest absolute Gasteiger partial charge is 0.472 e. The molecule has 0 rings (SSSR count). The summed E-state index contributed by atoms with van der Waals surface area (Å²) in [6.07, 6.45) is 53.2. The van der Waals surface area contributed by atoms with Gasteiger partial charge in [-0.1, -0.05) is 178 Å². The van der Waals surface area contributed by atoms with Crippen LogP contribution in [0.5, 0.6) is 0 Å². The number of unbranched alkanes of at least 4 members (excludes halogenated alkanes) is 24. The summed E-state index contributed by atoms with van der Waals surface area (Å²) in [6, 6.07) is 0. The summed E-state index contributed by atoms with van der Waals surface area (Å²) in [5.74, 6) is -0.522. The lowest BCUT2D eigenvalue weighted by Gasteiger charge is -2.15. The summed E-state index contributed by atoms with van der Waals surface area (Å²) in [5.41, 5.74) is 0. The summed E-state index contributed by atoms with van der Waals surface area (Å²) in [7, 11) is -4.42. The van der Waals surface area contributed by atoms with Gasteiger partial charge in [0.25, 0.3) is 0 Å². The molecule has 0 spiro atoms. The van der Waals surface area contributed by atoms with Crippen molar-refractivity contribution in [3.8, 4) is 0 Å². The second kappa shape index (κ2) is 45.5. The Bertz CT molecular complexity index is 1110. The molecule has 0 bridgehead atoms. The smallest absolute Gasteiger partial charge is 0.463 e. The number of esters is 1. The van der Waals surface area contributed by atoms with E-state index in [1.807, 2.05) is 0 Å². The molecule has 0 heterocycles. The van der Waals surface area contributed by atoms with Crippen LogP contribution in [0.3, 0.4) is 0 Å². The van der Waals surface area contributed by atoms with Crippen LogP contribution < -0.4 is 5.32 Å². The fourth-order valence-electron chi connectivity index (χ4n) is 6.56. The topological polar surface area (TPSA) is 131 Å². The molecular formula is C49H90NO8P. The molecule has 0 saturated carbocycles. The number of amides is 1. The number of carbonyl (C=O) groups excluding carboxylic acids is 2. The summed E-state index contributed by atoms with van der Waals surface area (Å²) < 4.78 is 26.9. The van der Waals surface area contributed by atoms with E-state index in [-0.39, 0.29) is 32.1 Å². The number of phosphoric acid groups is 1. The third-order valence-electron chi connectivity index (χ3n) is 10.2. The van der Waals surface area contributed by atoms with Crippen molar-refractivity contribution < 1.29 is 37.9 Å². The van der Waals surface area contributed by atoms with Gasteiger partial charge in [0.2, 0.25) is 5.91 Å². The number of carbonyl (C=O) groups is 2. The average Bonchev–Trinajstić information content (AvgIpc) is 3.22. The molecular weight excluding hydrogens is 762 g/mol. The molecule has 0 radical (unpaired) electrons. The first-order chi connectivity index (χ1) is 28.8. The molecule has 0 aromatic rings. The van der Waals surface area contributed by atoms with E-state index in [4.69, 9.17) is 13.8 Å². The zero-order chi connectivity index (χ0) is 43.2. The van der Waals surface area contributed by atoms with Gasteiger partial charge in [-0.15, -0.1) is 0 Å². The van der Waals surface area contributed by atoms with Gasteiger partial charge in [-0.2, -0.15) is 0 Å². The van der Waals surface area contributed by atoms with Crippen LogP contribution in [0.15, 0.2) is 48.6 Å². The van der Waals surface area contributed by atoms with Gasteiger partial charge >= 0.3 is 13.8 Å². The van der Waals surface area contributed by atoms with E-state index in [1.165, 1.54) is 141 Å². The molecule has 0 aromatic heterocycles. The van der Waals surface area contributed by atoms with Crippen LogP contribution in [0, 0.1) is 0 Å². The Morgan fingerprint density at radius 3 is 1.36 bits per heavy atom. The molecule has 0 aliphatic rings. The summed E-state index contributed by atoms with van der Waals surface area (Å²) in [5, 5.41) is 12.7. The van der Waals surface area contributed by atoms with Crippen LogP contribution in [0.4, 0.5) is 0 Å². The Morgan fingerprint density at radius 2 is 0.915 bits per heavy atom. The number of phosphoric ester groups is 1. The summed E-state index contributed by atoms with van der Waals surface area (Å²) in [4.78, 5) is 34.0. The number of ether oxygens (including phenoxy) is 1. The van der Waals surface area contributed by atoms with Gasteiger partial charge in [-0.05, 0) is 77.0 Å². The first-order valence-electron chi connectivity index (χ1n) is 24.1. The highest BCUT2D eigenvalue weighted by atomic mass is 31.2. The molecule has 0 aliphatic heterocycles. The minimum atomic E-state index is -4.42. The number of rotatable bonds is 45. The molecule has 0 fully saturated rings. The van der Waals surface area contributed by atoms with Crippen molar-refractivity contribution in [2.24, 2.45) is 0 Å². The molecule has 3 N–H and O–H groups in total. The number of aliphatic hydroxyl groups is 1. The maximum Gasteiger partial charge on any atom is 0.472 e. The maximum absolute atomic E-state index is 12.1. The van der Waals surface area contributed by atoms with Gasteiger partial charge < -0.3 is 20.1 Å². The van der Waals surface area contributed by atoms with Crippen molar-refractivity contribution in [1.29, 1.82) is 0 Å². The van der Waals surface area contributed by atoms with E-state index in [0.29, 0.717) is 6.42 Å². The molecule has 9 nitrogen and oxygen atoms in total. The lowest BCUT2D eigenvalue weighted by molar-refractivity contribution is -0.147. The second-order valence-electron chi connectivity index (χ2n) is 16.1. The molecule has 0 aliphatic carbocycles. The summed E-state index contributed by atoms with van der Waals surface area (Å²) in [6.45, 7) is 3.51. The highest BCUT2D eigenvalue weighted by Gasteiger charge is 2.23. The number of nitrogens with one attached hydrogen (secondary N) is 1. The number of aliphatic hydroxyl groups excluding tert-OH is 1. The molecule has 344 valence electrons. The van der Waals surface area contributed by atoms with Crippen molar-refractivity contribution >= 4 is 19.7 Å². The van der Waals surface area contributed by atoms with E-state index in [1.54, 1.807) is 0 Å². The third kappa shape index (κ3) is 46.9. The number of hydrogen-bond donors (Lipinski definition) is 3. The Kier molecular flexibility index (Phi) is 43.9. The minimum Gasteiger partial charge on any atom is -0.463 e. The Morgan fingerprint density at radius 1 is 0.525 bits per heavy atom. The van der Waals surface area contributed by atoms with Gasteiger partial charge in [0.15, 0.2) is 0 Å². The van der Waals surface area contributed by atoms with Gasteiger partial charge in [0.05, 0.1) is 13.2 Å². The zero-order valence-corrected chi connectivity index (χ0v) is 38.8. The average molecular weight is 852 g/mol. The van der Waals surface area contributed by atoms with E-state index >= 15 is 0 Å². The standard InChI is InChI=1S/C49H90NO8P/c1-3-5-7-9-11-13-15-17-19-21-23-25-27-29-31-33-35-37-39-41-48(52)50-43-44-57-59(54,55)58-46-47(51)45-56-49(53)42-40-38-36-34-32-30-28-26-24-22-20-18-16-14-12-10-8-6-4-2/h11-14,17-20,47,51H,3-10,15-16,21-46H2,1-2H3,(H,50,52)(H,54,55)/b13-11-,14-12-,19-17-,20-18-. The van der Waals surface area contributed by atoms with Crippen molar-refractivity contribution in [1.82, 2.24) is 5.32 Å². The van der Waals surface area contributed by atoms with Gasteiger partial charge in [-0.3, -0.25) is 18.6 Å². The first kappa shape index (κ1) is 57.0. The Labute approximate surface area is 362 Å². The zero-order valence-electron chi connectivity index (χ0n) is 37.9. The highest BCUT2D eigenvalue weighted by molar-refractivity contribution is 7.47. The van der Waals surface area contributed by atoms with Crippen molar-refractivity contribution in [2.75, 3.05) is 26.4 Å². The SMILES string of the molecule is CCCCC/C=C\C/C=C\CCCCCCCCCCCC(=O)NCCOP(=O)(O)OCC(O)COC(=O)CCCCCCCCCCC/C=C\C/C=C\CCCCC. The lowest BCUT2D eigenvalue weighted by atomic mass is 10.1. The fraction of sp³-hybridized carbons (Fsp3) is 0.796. The first-order valence-corrected chi connectivity index (χ1v) is 25.6. The molecule has 1 amide bonds. The predicted molar refractivity (Wildman–Crippen MR) is 247 cm³/mol. The normalized spacial score (nSPS) is 13.6. The Balaban J connectivity index is 3.58. The van der Waals surface area contributed by atoms with E-state index < -0.39 is 26.5 Å². The monoisotopic (exact) mass is 852 g/mol. The van der Waals surface area contributed by atoms with Crippen molar-refractivity contribution in [2.45, 2.75) is 225 Å². The molecule has 0 saturated heterocycles. The predicted octanol–water partition coefficient (Wildman–Crippen LogP) is 13.9. The van der Waals surface area contributed by atoms with E-state index in [0.717, 1.165) is 51.4 Å². The highest BCUT2D eigenvalue weighted by Crippen LogP contribution is 2.42. The number of hydrogen-bond acceptors (Lipinski definition) is 7. The van der Waals surface area contributed by atoms with Gasteiger partial charge in [0, 0.05) is 19.4 Å². The van der Waals surface area contributed by atoms with Crippen molar-refractivity contribution in [3.05, 3.63) is 48.6 Å². The molecule has 10 heteroatoms. The van der Waals surface area contributed by atoms with Crippen LogP contribution in [0.25, 0.3) is 0 Å². The third-order valence-corrected chi connectivity index (χ3v) is 11.2. The van der Waals surface area contributed by atoms with Crippen molar-refractivity contribution in [3.63, 3.8) is 0 Å².